The standard InChI is InChI=1S/C24H24N2O4S/c1-15(2)23-22(16(3)25-30-23)24(28)29-13-21(27)26-18-11-7-8-12-20(18)31-14-19(26)17-9-5-4-6-10-17/h4-12,15,19H,13-14H2,1-3H3. The molecule has 1 aliphatic heterocycles. The van der Waals surface area contributed by atoms with Crippen LogP contribution in [0.4, 0.5) is 5.69 Å². The molecule has 1 amide bonds. The average molecular weight is 437 g/mol. The predicted octanol–water partition coefficient (Wildman–Crippen LogP) is 5.14. The van der Waals surface area contributed by atoms with E-state index in [0.717, 1.165) is 21.9 Å². The summed E-state index contributed by atoms with van der Waals surface area (Å²) in [6.07, 6.45) is 0. The summed E-state index contributed by atoms with van der Waals surface area (Å²) in [5, 5.41) is 3.88. The second kappa shape index (κ2) is 8.98. The van der Waals surface area contributed by atoms with Gasteiger partial charge in [-0.25, -0.2) is 4.79 Å². The van der Waals surface area contributed by atoms with Crippen LogP contribution < -0.4 is 4.90 Å². The molecule has 1 unspecified atom stereocenters. The molecule has 1 atom stereocenters. The zero-order valence-corrected chi connectivity index (χ0v) is 18.5. The molecule has 31 heavy (non-hydrogen) atoms. The highest BCUT2D eigenvalue weighted by Gasteiger charge is 2.33. The van der Waals surface area contributed by atoms with Crippen LogP contribution in [0.1, 0.15) is 53.2 Å². The Morgan fingerprint density at radius 2 is 1.87 bits per heavy atom. The van der Waals surface area contributed by atoms with E-state index in [-0.39, 0.29) is 24.5 Å². The third-order valence-electron chi connectivity index (χ3n) is 5.23. The van der Waals surface area contributed by atoms with E-state index < -0.39 is 5.97 Å². The van der Waals surface area contributed by atoms with Gasteiger partial charge in [-0.1, -0.05) is 61.5 Å². The molecular formula is C24H24N2O4S. The first-order chi connectivity index (χ1) is 15.0. The molecule has 2 heterocycles. The second-order valence-electron chi connectivity index (χ2n) is 7.71. The van der Waals surface area contributed by atoms with Crippen LogP contribution in [-0.4, -0.2) is 29.4 Å². The van der Waals surface area contributed by atoms with Crippen LogP contribution in [0.5, 0.6) is 0 Å². The van der Waals surface area contributed by atoms with Crippen LogP contribution in [0.2, 0.25) is 0 Å². The molecule has 0 saturated carbocycles. The van der Waals surface area contributed by atoms with E-state index in [1.807, 2.05) is 68.4 Å². The zero-order chi connectivity index (χ0) is 22.0. The number of hydrogen-bond donors (Lipinski definition) is 0. The van der Waals surface area contributed by atoms with Gasteiger partial charge in [-0.3, -0.25) is 9.69 Å². The molecule has 3 aromatic rings. The molecule has 0 bridgehead atoms. The van der Waals surface area contributed by atoms with Crippen LogP contribution in [0.3, 0.4) is 0 Å². The molecule has 0 saturated heterocycles. The van der Waals surface area contributed by atoms with Crippen LogP contribution in [-0.2, 0) is 9.53 Å². The third kappa shape index (κ3) is 4.23. The van der Waals surface area contributed by atoms with Gasteiger partial charge in [0.25, 0.3) is 5.91 Å². The Kier molecular flexibility index (Phi) is 6.13. The monoisotopic (exact) mass is 436 g/mol. The number of benzene rings is 2. The Morgan fingerprint density at radius 1 is 1.16 bits per heavy atom. The molecule has 6 nitrogen and oxygen atoms in total. The Morgan fingerprint density at radius 3 is 2.61 bits per heavy atom. The molecule has 0 radical (unpaired) electrons. The Hall–Kier alpha value is -3.06. The predicted molar refractivity (Wildman–Crippen MR) is 119 cm³/mol. The van der Waals surface area contributed by atoms with Gasteiger partial charge in [0.1, 0.15) is 5.56 Å². The summed E-state index contributed by atoms with van der Waals surface area (Å²) < 4.78 is 10.7. The highest BCUT2D eigenvalue weighted by atomic mass is 32.2. The minimum absolute atomic E-state index is 0.0205. The maximum absolute atomic E-state index is 13.3. The van der Waals surface area contributed by atoms with Gasteiger partial charge in [0, 0.05) is 16.6 Å². The van der Waals surface area contributed by atoms with Crippen molar-refractivity contribution in [3.05, 3.63) is 77.2 Å². The number of hydrogen-bond acceptors (Lipinski definition) is 6. The molecule has 0 N–H and O–H groups in total. The molecular weight excluding hydrogens is 412 g/mol. The van der Waals surface area contributed by atoms with Gasteiger partial charge in [-0.05, 0) is 24.6 Å². The summed E-state index contributed by atoms with van der Waals surface area (Å²) in [6, 6.07) is 17.6. The summed E-state index contributed by atoms with van der Waals surface area (Å²) in [4.78, 5) is 28.8. The zero-order valence-electron chi connectivity index (χ0n) is 17.7. The van der Waals surface area contributed by atoms with Crippen molar-refractivity contribution < 1.29 is 18.8 Å². The minimum Gasteiger partial charge on any atom is -0.452 e. The topological polar surface area (TPSA) is 72.6 Å². The van der Waals surface area contributed by atoms with Crippen LogP contribution >= 0.6 is 11.8 Å². The number of anilines is 1. The van der Waals surface area contributed by atoms with E-state index in [1.54, 1.807) is 23.6 Å². The van der Waals surface area contributed by atoms with Crippen molar-refractivity contribution in [2.45, 2.75) is 37.6 Å². The van der Waals surface area contributed by atoms with E-state index in [1.165, 1.54) is 0 Å². The number of carbonyl (C=O) groups excluding carboxylic acids is 2. The first-order valence-corrected chi connectivity index (χ1v) is 11.2. The fourth-order valence-electron chi connectivity index (χ4n) is 3.72. The number of fused-ring (bicyclic) bond motifs is 1. The summed E-state index contributed by atoms with van der Waals surface area (Å²) in [5.74, 6) is 0.315. The summed E-state index contributed by atoms with van der Waals surface area (Å²) >= 11 is 1.72. The molecule has 1 aromatic heterocycles. The number of esters is 1. The molecule has 0 aliphatic carbocycles. The number of rotatable bonds is 5. The Labute approximate surface area is 185 Å². The number of thioether (sulfide) groups is 1. The van der Waals surface area contributed by atoms with Crippen molar-refractivity contribution >= 4 is 29.3 Å². The van der Waals surface area contributed by atoms with Crippen molar-refractivity contribution in [3.8, 4) is 0 Å². The van der Waals surface area contributed by atoms with Crippen LogP contribution in [0.25, 0.3) is 0 Å². The molecule has 7 heteroatoms. The van der Waals surface area contributed by atoms with Gasteiger partial charge >= 0.3 is 5.97 Å². The number of nitrogens with zero attached hydrogens (tertiary/aromatic N) is 2. The normalized spacial score (nSPS) is 15.6. The maximum atomic E-state index is 13.3. The minimum atomic E-state index is -0.591. The number of amides is 1. The Balaban J connectivity index is 1.58. The van der Waals surface area contributed by atoms with Crippen molar-refractivity contribution in [2.24, 2.45) is 0 Å². The molecule has 4 rings (SSSR count). The first-order valence-electron chi connectivity index (χ1n) is 10.2. The largest absolute Gasteiger partial charge is 0.452 e. The summed E-state index contributed by atoms with van der Waals surface area (Å²) in [5.41, 5.74) is 2.64. The van der Waals surface area contributed by atoms with Crippen molar-refractivity contribution in [3.63, 3.8) is 0 Å². The molecule has 1 aliphatic rings. The van der Waals surface area contributed by atoms with Crippen molar-refractivity contribution in [2.75, 3.05) is 17.3 Å². The van der Waals surface area contributed by atoms with Gasteiger partial charge in [-0.2, -0.15) is 0 Å². The number of para-hydroxylation sites is 1. The molecule has 0 fully saturated rings. The lowest BCUT2D eigenvalue weighted by Crippen LogP contribution is -2.41. The quantitative estimate of drug-likeness (QED) is 0.516. The van der Waals surface area contributed by atoms with Gasteiger partial charge in [0.15, 0.2) is 12.4 Å². The van der Waals surface area contributed by atoms with E-state index in [2.05, 4.69) is 5.16 Å². The molecule has 2 aromatic carbocycles. The second-order valence-corrected chi connectivity index (χ2v) is 8.77. The molecule has 0 spiro atoms. The van der Waals surface area contributed by atoms with E-state index in [0.29, 0.717) is 17.0 Å². The van der Waals surface area contributed by atoms with E-state index in [9.17, 15) is 9.59 Å². The fraction of sp³-hybridized carbons (Fsp3) is 0.292. The van der Waals surface area contributed by atoms with Gasteiger partial charge in [0.2, 0.25) is 0 Å². The summed E-state index contributed by atoms with van der Waals surface area (Å²) in [7, 11) is 0. The lowest BCUT2D eigenvalue weighted by molar-refractivity contribution is -0.122. The number of carbonyl (C=O) groups is 2. The smallest absolute Gasteiger partial charge is 0.344 e. The lowest BCUT2D eigenvalue weighted by Gasteiger charge is -2.37. The van der Waals surface area contributed by atoms with Crippen molar-refractivity contribution in [1.29, 1.82) is 0 Å². The number of aryl methyl sites for hydroxylation is 1. The van der Waals surface area contributed by atoms with E-state index in [4.69, 9.17) is 9.26 Å². The van der Waals surface area contributed by atoms with Gasteiger partial charge in [-0.15, -0.1) is 11.8 Å². The van der Waals surface area contributed by atoms with Crippen molar-refractivity contribution in [1.82, 2.24) is 5.16 Å². The Bertz CT molecular complexity index is 1090. The number of aromatic nitrogens is 1. The highest BCUT2D eigenvalue weighted by molar-refractivity contribution is 7.99. The fourth-order valence-corrected chi connectivity index (χ4v) is 4.88. The molecule has 160 valence electrons. The van der Waals surface area contributed by atoms with Crippen LogP contribution in [0, 0.1) is 6.92 Å². The maximum Gasteiger partial charge on any atom is 0.344 e. The van der Waals surface area contributed by atoms with Gasteiger partial charge < -0.3 is 9.26 Å². The lowest BCUT2D eigenvalue weighted by atomic mass is 10.1. The average Bonchev–Trinajstić information content (AvgIpc) is 3.19. The summed E-state index contributed by atoms with van der Waals surface area (Å²) in [6.45, 7) is 5.16. The highest BCUT2D eigenvalue weighted by Crippen LogP contribution is 2.43. The SMILES string of the molecule is Cc1noc(C(C)C)c1C(=O)OCC(=O)N1c2ccccc2SCC1c1ccccc1. The van der Waals surface area contributed by atoms with Gasteiger partial charge in [0.05, 0.1) is 17.4 Å². The first kappa shape index (κ1) is 21.2. The van der Waals surface area contributed by atoms with E-state index >= 15 is 0 Å². The number of ether oxygens (including phenoxy) is 1. The van der Waals surface area contributed by atoms with Crippen LogP contribution in [0.15, 0.2) is 64.0 Å². The third-order valence-corrected chi connectivity index (χ3v) is 6.37.